The molecule has 0 aliphatic rings. The summed E-state index contributed by atoms with van der Waals surface area (Å²) >= 11 is 8.34. The molecule has 4 aromatic rings. The fraction of sp³-hybridized carbons (Fsp3) is 0.111. The lowest BCUT2D eigenvalue weighted by molar-refractivity contribution is 0.0948. The number of halogens is 1. The van der Waals surface area contributed by atoms with E-state index in [4.69, 9.17) is 11.6 Å². The SMILES string of the molecule is CNC(=O)c1ccc(CNC(=O)c2ccc(C(=O)N/N=C(\C)c3csc(-c4ccc(Cl)cc4)c3O)s2)cc1. The van der Waals surface area contributed by atoms with Crippen molar-refractivity contribution in [1.82, 2.24) is 16.1 Å². The van der Waals surface area contributed by atoms with Crippen LogP contribution >= 0.6 is 34.3 Å². The van der Waals surface area contributed by atoms with Crippen LogP contribution in [0.4, 0.5) is 0 Å². The molecule has 0 saturated heterocycles. The van der Waals surface area contributed by atoms with Gasteiger partial charge < -0.3 is 15.7 Å². The molecule has 4 N–H and O–H groups in total. The van der Waals surface area contributed by atoms with E-state index in [2.05, 4.69) is 21.2 Å². The molecular weight excluding hydrogens is 544 g/mol. The van der Waals surface area contributed by atoms with Gasteiger partial charge in [-0.1, -0.05) is 35.9 Å². The van der Waals surface area contributed by atoms with Gasteiger partial charge in [0.1, 0.15) is 5.75 Å². The third-order valence-electron chi connectivity index (χ3n) is 5.54. The zero-order valence-electron chi connectivity index (χ0n) is 20.4. The Bertz CT molecular complexity index is 1510. The fourth-order valence-electron chi connectivity index (χ4n) is 3.43. The standard InChI is InChI=1S/C27H23ClN4O4S2/c1-15(20-14-37-24(23(20)33)17-7-9-19(28)10-8-17)31-32-27(36)22-12-11-21(38-22)26(35)30-13-16-3-5-18(6-4-16)25(34)29-2/h3-12,14,33H,13H2,1-2H3,(H,29,34)(H,30,35)(H,32,36)/b31-15+. The number of benzene rings is 2. The molecule has 0 aliphatic carbocycles. The van der Waals surface area contributed by atoms with E-state index in [0.29, 0.717) is 36.5 Å². The van der Waals surface area contributed by atoms with Crippen LogP contribution in [-0.4, -0.2) is 35.6 Å². The van der Waals surface area contributed by atoms with E-state index in [9.17, 15) is 19.5 Å². The lowest BCUT2D eigenvalue weighted by atomic mass is 10.1. The smallest absolute Gasteiger partial charge is 0.281 e. The average Bonchev–Trinajstić information content (AvgIpc) is 3.58. The van der Waals surface area contributed by atoms with Gasteiger partial charge in [0.2, 0.25) is 0 Å². The van der Waals surface area contributed by atoms with E-state index in [1.165, 1.54) is 11.3 Å². The summed E-state index contributed by atoms with van der Waals surface area (Å²) < 4.78 is 0. The molecule has 0 saturated carbocycles. The van der Waals surface area contributed by atoms with Gasteiger partial charge in [0.25, 0.3) is 17.7 Å². The lowest BCUT2D eigenvalue weighted by Gasteiger charge is -2.05. The Morgan fingerprint density at radius 3 is 2.24 bits per heavy atom. The van der Waals surface area contributed by atoms with E-state index >= 15 is 0 Å². The summed E-state index contributed by atoms with van der Waals surface area (Å²) in [5, 5.41) is 22.5. The number of hydrazone groups is 1. The maximum atomic E-state index is 12.6. The van der Waals surface area contributed by atoms with E-state index in [-0.39, 0.29) is 24.1 Å². The first-order chi connectivity index (χ1) is 18.3. The Hall–Kier alpha value is -3.99. The monoisotopic (exact) mass is 566 g/mol. The van der Waals surface area contributed by atoms with Crippen molar-refractivity contribution in [3.8, 4) is 16.2 Å². The lowest BCUT2D eigenvalue weighted by Crippen LogP contribution is -2.22. The van der Waals surface area contributed by atoms with Crippen LogP contribution in [-0.2, 0) is 6.54 Å². The van der Waals surface area contributed by atoms with Gasteiger partial charge in [-0.05, 0) is 54.4 Å². The van der Waals surface area contributed by atoms with Crippen LogP contribution in [0.25, 0.3) is 10.4 Å². The Labute approximate surface area is 232 Å². The van der Waals surface area contributed by atoms with Crippen LogP contribution in [0.2, 0.25) is 5.02 Å². The molecule has 0 spiro atoms. The highest BCUT2D eigenvalue weighted by molar-refractivity contribution is 7.16. The second kappa shape index (κ2) is 12.0. The summed E-state index contributed by atoms with van der Waals surface area (Å²) in [6.45, 7) is 1.96. The molecular formula is C27H23ClN4O4S2. The number of thiophene rings is 2. The van der Waals surface area contributed by atoms with Crippen molar-refractivity contribution < 1.29 is 19.5 Å². The number of carbonyl (C=O) groups excluding carboxylic acids is 3. The van der Waals surface area contributed by atoms with Gasteiger partial charge >= 0.3 is 0 Å². The molecule has 0 bridgehead atoms. The van der Waals surface area contributed by atoms with Gasteiger partial charge in [0.05, 0.1) is 25.9 Å². The van der Waals surface area contributed by atoms with E-state index < -0.39 is 5.91 Å². The van der Waals surface area contributed by atoms with Crippen LogP contribution in [0.15, 0.2) is 71.1 Å². The minimum Gasteiger partial charge on any atom is -0.506 e. The highest BCUT2D eigenvalue weighted by Crippen LogP contribution is 2.39. The van der Waals surface area contributed by atoms with Crippen LogP contribution in [0.1, 0.15) is 47.8 Å². The topological polar surface area (TPSA) is 120 Å². The van der Waals surface area contributed by atoms with Crippen molar-refractivity contribution in [3.63, 3.8) is 0 Å². The molecule has 0 fully saturated rings. The van der Waals surface area contributed by atoms with Gasteiger partial charge in [-0.2, -0.15) is 5.10 Å². The third-order valence-corrected chi connectivity index (χ3v) is 7.89. The van der Waals surface area contributed by atoms with Crippen molar-refractivity contribution >= 4 is 57.7 Å². The van der Waals surface area contributed by atoms with Crippen LogP contribution in [0.3, 0.4) is 0 Å². The van der Waals surface area contributed by atoms with Gasteiger partial charge in [-0.3, -0.25) is 14.4 Å². The van der Waals surface area contributed by atoms with Gasteiger partial charge in [-0.15, -0.1) is 22.7 Å². The van der Waals surface area contributed by atoms with Gasteiger partial charge in [0.15, 0.2) is 0 Å². The second-order valence-corrected chi connectivity index (χ2v) is 10.5. The fourth-order valence-corrected chi connectivity index (χ4v) is 5.38. The average molecular weight is 567 g/mol. The predicted molar refractivity (Wildman–Crippen MR) is 151 cm³/mol. The number of hydrogen-bond acceptors (Lipinski definition) is 7. The highest BCUT2D eigenvalue weighted by Gasteiger charge is 2.17. The van der Waals surface area contributed by atoms with Crippen molar-refractivity contribution in [2.24, 2.45) is 5.10 Å². The van der Waals surface area contributed by atoms with Gasteiger partial charge in [0, 0.05) is 29.6 Å². The number of nitrogens with one attached hydrogen (secondary N) is 3. The molecule has 38 heavy (non-hydrogen) atoms. The number of rotatable bonds is 8. The Morgan fingerprint density at radius 2 is 1.58 bits per heavy atom. The minimum absolute atomic E-state index is 0.0752. The molecule has 8 nitrogen and oxygen atoms in total. The first kappa shape index (κ1) is 27.1. The highest BCUT2D eigenvalue weighted by atomic mass is 35.5. The quantitative estimate of drug-likeness (QED) is 0.171. The first-order valence-corrected chi connectivity index (χ1v) is 13.4. The number of carbonyl (C=O) groups is 3. The van der Waals surface area contributed by atoms with Crippen molar-refractivity contribution in [2.45, 2.75) is 13.5 Å². The van der Waals surface area contributed by atoms with E-state index in [0.717, 1.165) is 22.5 Å². The maximum absolute atomic E-state index is 12.6. The Kier molecular flexibility index (Phi) is 8.57. The van der Waals surface area contributed by atoms with Crippen molar-refractivity contribution in [3.05, 3.63) is 97.5 Å². The molecule has 0 radical (unpaired) electrons. The summed E-state index contributed by atoms with van der Waals surface area (Å²) in [5.41, 5.74) is 5.62. The van der Waals surface area contributed by atoms with Crippen LogP contribution in [0, 0.1) is 0 Å². The summed E-state index contributed by atoms with van der Waals surface area (Å²) in [6, 6.07) is 17.2. The molecule has 3 amide bonds. The van der Waals surface area contributed by atoms with Crippen molar-refractivity contribution in [2.75, 3.05) is 7.05 Å². The molecule has 0 unspecified atom stereocenters. The van der Waals surface area contributed by atoms with E-state index in [1.54, 1.807) is 67.9 Å². The zero-order valence-corrected chi connectivity index (χ0v) is 22.8. The number of aromatic hydroxyl groups is 1. The Morgan fingerprint density at radius 1 is 0.921 bits per heavy atom. The maximum Gasteiger partial charge on any atom is 0.281 e. The summed E-state index contributed by atoms with van der Waals surface area (Å²) in [7, 11) is 1.56. The van der Waals surface area contributed by atoms with Gasteiger partial charge in [-0.25, -0.2) is 5.43 Å². The molecule has 11 heteroatoms. The first-order valence-electron chi connectivity index (χ1n) is 11.4. The molecule has 4 rings (SSSR count). The van der Waals surface area contributed by atoms with Crippen molar-refractivity contribution in [1.29, 1.82) is 0 Å². The predicted octanol–water partition coefficient (Wildman–Crippen LogP) is 5.28. The Balaban J connectivity index is 1.35. The summed E-state index contributed by atoms with van der Waals surface area (Å²) in [5.74, 6) is -0.890. The van der Waals surface area contributed by atoms with Crippen LogP contribution < -0.4 is 16.1 Å². The largest absolute Gasteiger partial charge is 0.506 e. The minimum atomic E-state index is -0.467. The third kappa shape index (κ3) is 6.28. The molecule has 2 aromatic carbocycles. The molecule has 0 aliphatic heterocycles. The molecule has 194 valence electrons. The normalized spacial score (nSPS) is 11.2. The zero-order chi connectivity index (χ0) is 27.2. The molecule has 2 heterocycles. The second-order valence-electron chi connectivity index (χ2n) is 8.09. The summed E-state index contributed by atoms with van der Waals surface area (Å²) in [4.78, 5) is 38.2. The summed E-state index contributed by atoms with van der Waals surface area (Å²) in [6.07, 6.45) is 0. The number of amides is 3. The number of nitrogens with zero attached hydrogens (tertiary/aromatic N) is 1. The molecule has 2 aromatic heterocycles. The van der Waals surface area contributed by atoms with E-state index in [1.807, 2.05) is 12.1 Å². The number of hydrogen-bond donors (Lipinski definition) is 4. The van der Waals surface area contributed by atoms with Crippen LogP contribution in [0.5, 0.6) is 5.75 Å². The molecule has 0 atom stereocenters.